The summed E-state index contributed by atoms with van der Waals surface area (Å²) in [5.41, 5.74) is 17.9. The van der Waals surface area contributed by atoms with Crippen molar-refractivity contribution >= 4 is 73.5 Å². The number of benzene rings is 5. The molecule has 8 rings (SSSR count). The number of para-hydroxylation sites is 1. The highest BCUT2D eigenvalue weighted by Crippen LogP contribution is 2.30. The Bertz CT molecular complexity index is 2240. The predicted molar refractivity (Wildman–Crippen MR) is 186 cm³/mol. The first-order valence-corrected chi connectivity index (χ1v) is 15.4. The van der Waals surface area contributed by atoms with Gasteiger partial charge in [0.25, 0.3) is 5.65 Å². The molecule has 1 aliphatic rings. The fourth-order valence-electron chi connectivity index (χ4n) is 8.38. The lowest BCUT2D eigenvalue weighted by atomic mass is 9.20. The van der Waals surface area contributed by atoms with E-state index in [-0.39, 0.29) is 13.4 Å². The number of fused-ring (bicyclic) bond motifs is 9. The normalized spacial score (nSPS) is 12.8. The first-order chi connectivity index (χ1) is 20.9. The van der Waals surface area contributed by atoms with E-state index in [9.17, 15) is 0 Å². The summed E-state index contributed by atoms with van der Waals surface area (Å²) in [5, 5.41) is 4.06. The molecule has 0 saturated heterocycles. The second kappa shape index (κ2) is 9.47. The number of hydrogen-bond acceptors (Lipinski definition) is 0. The third-order valence-corrected chi connectivity index (χ3v) is 10.1. The maximum absolute atomic E-state index is 2.53. The standard InChI is InChI=1S/C39H35B2N2/c1-24-13-11-14-25(2)36(24)40-30-18-8-9-19-31(30)41(37-26(3)15-12-16-27(37)4)38-32(40)23-28(5)34-35(38)29-17-7-10-20-33(29)43-22-21-42(6)39(34)43/h7-23H,1-6H3/q+1. The Balaban J connectivity index is 1.66. The van der Waals surface area contributed by atoms with Crippen molar-refractivity contribution in [3.63, 3.8) is 0 Å². The van der Waals surface area contributed by atoms with Gasteiger partial charge in [-0.1, -0.05) is 140 Å². The van der Waals surface area contributed by atoms with Crippen LogP contribution in [0.2, 0.25) is 0 Å². The van der Waals surface area contributed by atoms with E-state index in [2.05, 4.69) is 154 Å². The first-order valence-electron chi connectivity index (χ1n) is 15.4. The number of aromatic nitrogens is 2. The maximum Gasteiger partial charge on any atom is 0.294 e. The highest BCUT2D eigenvalue weighted by Gasteiger charge is 2.42. The summed E-state index contributed by atoms with van der Waals surface area (Å²) >= 11 is 0. The van der Waals surface area contributed by atoms with E-state index in [4.69, 9.17) is 0 Å². The molecule has 1 aliphatic heterocycles. The number of imidazole rings is 1. The van der Waals surface area contributed by atoms with Crippen LogP contribution in [0.15, 0.2) is 103 Å². The molecular weight excluding hydrogens is 518 g/mol. The van der Waals surface area contributed by atoms with E-state index >= 15 is 0 Å². The van der Waals surface area contributed by atoms with Crippen LogP contribution < -0.4 is 37.3 Å². The quantitative estimate of drug-likeness (QED) is 0.174. The van der Waals surface area contributed by atoms with Gasteiger partial charge in [-0.3, -0.25) is 0 Å². The fourth-order valence-corrected chi connectivity index (χ4v) is 8.38. The molecule has 0 N–H and O–H groups in total. The van der Waals surface area contributed by atoms with Gasteiger partial charge in [0.05, 0.1) is 12.4 Å². The van der Waals surface area contributed by atoms with Gasteiger partial charge in [-0.2, -0.15) is 4.40 Å². The van der Waals surface area contributed by atoms with Crippen LogP contribution in [-0.2, 0) is 7.05 Å². The second-order valence-electron chi connectivity index (χ2n) is 12.7. The van der Waals surface area contributed by atoms with Crippen LogP contribution in [0.25, 0.3) is 27.3 Å². The number of hydrogen-bond donors (Lipinski definition) is 0. The topological polar surface area (TPSA) is 8.29 Å². The van der Waals surface area contributed by atoms with Crippen molar-refractivity contribution in [3.05, 3.63) is 131 Å². The van der Waals surface area contributed by atoms with E-state index in [0.717, 1.165) is 0 Å². The van der Waals surface area contributed by atoms with E-state index < -0.39 is 0 Å². The summed E-state index contributed by atoms with van der Waals surface area (Å²) in [6, 6.07) is 34.4. The summed E-state index contributed by atoms with van der Waals surface area (Å²) in [6.07, 6.45) is 4.41. The smallest absolute Gasteiger partial charge is 0.232 e. The van der Waals surface area contributed by atoms with Gasteiger partial charge in [-0.05, 0) is 51.6 Å². The zero-order valence-electron chi connectivity index (χ0n) is 25.9. The molecule has 0 bridgehead atoms. The molecule has 3 heterocycles. The van der Waals surface area contributed by atoms with Crippen LogP contribution in [0, 0.1) is 34.6 Å². The summed E-state index contributed by atoms with van der Waals surface area (Å²) in [7, 11) is 2.18. The molecule has 0 atom stereocenters. The lowest BCUT2D eigenvalue weighted by Gasteiger charge is -2.35. The van der Waals surface area contributed by atoms with Crippen LogP contribution in [-0.4, -0.2) is 17.8 Å². The Hall–Kier alpha value is -4.56. The predicted octanol–water partition coefficient (Wildman–Crippen LogP) is 3.96. The Morgan fingerprint density at radius 3 is 1.74 bits per heavy atom. The third-order valence-electron chi connectivity index (χ3n) is 10.1. The second-order valence-corrected chi connectivity index (χ2v) is 12.7. The molecule has 5 aromatic carbocycles. The average molecular weight is 553 g/mol. The van der Waals surface area contributed by atoms with Gasteiger partial charge in [0.15, 0.2) is 0 Å². The SMILES string of the molecule is Cc1cccc(C)c1B1c2ccccc2B(c2c(C)cccc2C)c2c1cc(C)c1c2c2ccccc2n2cc[n+](C)c12. The first kappa shape index (κ1) is 26.1. The molecule has 0 saturated carbocycles. The van der Waals surface area contributed by atoms with Crippen molar-refractivity contribution in [3.8, 4) is 0 Å². The summed E-state index contributed by atoms with van der Waals surface area (Å²) in [4.78, 5) is 0. The van der Waals surface area contributed by atoms with Crippen LogP contribution >= 0.6 is 0 Å². The minimum absolute atomic E-state index is 0.127. The van der Waals surface area contributed by atoms with Crippen molar-refractivity contribution in [1.29, 1.82) is 0 Å². The summed E-state index contributed by atoms with van der Waals surface area (Å²) in [5.74, 6) is 0. The number of aryl methyl sites for hydroxylation is 6. The van der Waals surface area contributed by atoms with Gasteiger partial charge in [0, 0.05) is 5.39 Å². The van der Waals surface area contributed by atoms with Gasteiger partial charge >= 0.3 is 0 Å². The molecule has 0 unspecified atom stereocenters. The van der Waals surface area contributed by atoms with Gasteiger partial charge in [-0.25, -0.2) is 4.57 Å². The third kappa shape index (κ3) is 3.59. The Labute approximate surface area is 254 Å². The highest BCUT2D eigenvalue weighted by atomic mass is 15.1. The molecule has 0 aliphatic carbocycles. The molecule has 0 amide bonds. The van der Waals surface area contributed by atoms with Gasteiger partial charge in [-0.15, -0.1) is 0 Å². The number of rotatable bonds is 2. The van der Waals surface area contributed by atoms with Crippen LogP contribution in [0.3, 0.4) is 0 Å². The van der Waals surface area contributed by atoms with E-state index in [1.807, 2.05) is 0 Å². The van der Waals surface area contributed by atoms with Gasteiger partial charge in [0.1, 0.15) is 17.9 Å². The molecular formula is C39H35B2N2+. The van der Waals surface area contributed by atoms with Crippen molar-refractivity contribution in [2.75, 3.05) is 0 Å². The summed E-state index contributed by atoms with van der Waals surface area (Å²) < 4.78 is 4.67. The molecule has 7 aromatic rings. The molecule has 0 spiro atoms. The molecule has 0 fully saturated rings. The molecule has 2 nitrogen and oxygen atoms in total. The Morgan fingerprint density at radius 1 is 0.535 bits per heavy atom. The fraction of sp³-hybridized carbons (Fsp3) is 0.154. The van der Waals surface area contributed by atoms with E-state index in [1.54, 1.807) is 0 Å². The average Bonchev–Trinajstić information content (AvgIpc) is 3.39. The highest BCUT2D eigenvalue weighted by molar-refractivity contribution is 7.12. The number of pyridine rings is 1. The number of nitrogens with zero attached hydrogens (tertiary/aromatic N) is 2. The monoisotopic (exact) mass is 553 g/mol. The molecule has 206 valence electrons. The zero-order valence-corrected chi connectivity index (χ0v) is 25.9. The molecule has 43 heavy (non-hydrogen) atoms. The van der Waals surface area contributed by atoms with Crippen molar-refractivity contribution in [1.82, 2.24) is 4.40 Å². The largest absolute Gasteiger partial charge is 0.294 e. The lowest BCUT2D eigenvalue weighted by molar-refractivity contribution is -0.643. The lowest BCUT2D eigenvalue weighted by Crippen LogP contribution is -2.76. The Kier molecular flexibility index (Phi) is 5.75. The minimum Gasteiger partial charge on any atom is -0.232 e. The van der Waals surface area contributed by atoms with Gasteiger partial charge in [0.2, 0.25) is 13.4 Å². The van der Waals surface area contributed by atoms with Crippen LogP contribution in [0.4, 0.5) is 0 Å². The molecule has 4 heteroatoms. The summed E-state index contributed by atoms with van der Waals surface area (Å²) in [6.45, 7) is 11.8. The van der Waals surface area contributed by atoms with Crippen LogP contribution in [0.1, 0.15) is 27.8 Å². The molecule has 0 radical (unpaired) electrons. The van der Waals surface area contributed by atoms with Crippen molar-refractivity contribution < 1.29 is 4.57 Å². The molecule has 2 aromatic heterocycles. The minimum atomic E-state index is 0.127. The Morgan fingerprint density at radius 2 is 1.09 bits per heavy atom. The maximum atomic E-state index is 2.53. The zero-order chi connectivity index (χ0) is 29.6. The van der Waals surface area contributed by atoms with Crippen LogP contribution in [0.5, 0.6) is 0 Å². The van der Waals surface area contributed by atoms with E-state index in [0.29, 0.717) is 0 Å². The van der Waals surface area contributed by atoms with Gasteiger partial charge < -0.3 is 0 Å². The van der Waals surface area contributed by atoms with E-state index in [1.165, 1.54) is 87.9 Å². The van der Waals surface area contributed by atoms with Crippen molar-refractivity contribution in [2.24, 2.45) is 7.05 Å². The van der Waals surface area contributed by atoms with Crippen molar-refractivity contribution in [2.45, 2.75) is 34.6 Å².